The number of amides is 1. The molecule has 0 aliphatic heterocycles. The number of nitrogens with zero attached hydrogens (tertiary/aromatic N) is 2. The van der Waals surface area contributed by atoms with Crippen LogP contribution in [0.5, 0.6) is 0 Å². The number of hydrogen-bond donors (Lipinski definition) is 2. The van der Waals surface area contributed by atoms with Crippen molar-refractivity contribution < 1.29 is 14.4 Å². The summed E-state index contributed by atoms with van der Waals surface area (Å²) in [5, 5.41) is 17.0. The first-order chi connectivity index (χ1) is 12.1. The topological polar surface area (TPSA) is 88.2 Å². The van der Waals surface area contributed by atoms with Crippen molar-refractivity contribution in [2.24, 2.45) is 5.41 Å². The molecule has 1 saturated carbocycles. The zero-order valence-electron chi connectivity index (χ0n) is 14.0. The number of nitrogens with one attached hydrogen (secondary N) is 1. The van der Waals surface area contributed by atoms with Crippen molar-refractivity contribution >= 4 is 17.0 Å². The number of aliphatic hydroxyl groups is 1. The fourth-order valence-electron chi connectivity index (χ4n) is 2.96. The highest BCUT2D eigenvalue weighted by Crippen LogP contribution is 2.44. The Kier molecular flexibility index (Phi) is 3.77. The molecule has 6 heteroatoms. The maximum absolute atomic E-state index is 12.8. The second kappa shape index (κ2) is 5.97. The molecule has 2 N–H and O–H groups in total. The molecule has 0 saturated heterocycles. The van der Waals surface area contributed by atoms with Gasteiger partial charge in [-0.1, -0.05) is 35.5 Å². The Labute approximate surface area is 144 Å². The maximum atomic E-state index is 12.8. The smallest absolute Gasteiger partial charge is 0.259 e. The lowest BCUT2D eigenvalue weighted by Crippen LogP contribution is -2.32. The monoisotopic (exact) mass is 337 g/mol. The summed E-state index contributed by atoms with van der Waals surface area (Å²) in [6, 6.07) is 11.4. The van der Waals surface area contributed by atoms with Crippen LogP contribution < -0.4 is 5.32 Å². The highest BCUT2D eigenvalue weighted by Gasteiger charge is 2.42. The van der Waals surface area contributed by atoms with E-state index in [1.807, 2.05) is 30.3 Å². The predicted octanol–water partition coefficient (Wildman–Crippen LogP) is 2.70. The lowest BCUT2D eigenvalue weighted by Gasteiger charge is -2.13. The number of aliphatic hydroxyl groups excluding tert-OH is 1. The summed E-state index contributed by atoms with van der Waals surface area (Å²) in [7, 11) is 0. The van der Waals surface area contributed by atoms with E-state index in [0.29, 0.717) is 34.6 Å². The van der Waals surface area contributed by atoms with E-state index < -0.39 is 0 Å². The van der Waals surface area contributed by atoms with Crippen molar-refractivity contribution in [3.05, 3.63) is 47.7 Å². The Morgan fingerprint density at radius 3 is 2.76 bits per heavy atom. The van der Waals surface area contributed by atoms with Gasteiger partial charge in [0.05, 0.1) is 28.9 Å². The number of pyridine rings is 1. The third-order valence-electron chi connectivity index (χ3n) is 4.85. The molecule has 1 aliphatic rings. The molecule has 0 bridgehead atoms. The lowest BCUT2D eigenvalue weighted by molar-refractivity contribution is 0.0936. The van der Waals surface area contributed by atoms with Crippen molar-refractivity contribution in [1.29, 1.82) is 0 Å². The quantitative estimate of drug-likeness (QED) is 0.747. The number of hydrogen-bond acceptors (Lipinski definition) is 5. The minimum absolute atomic E-state index is 0.0978. The molecule has 1 aliphatic carbocycles. The molecule has 1 fully saturated rings. The minimum atomic E-state index is -0.199. The van der Waals surface area contributed by atoms with Crippen LogP contribution in [0.25, 0.3) is 22.4 Å². The predicted molar refractivity (Wildman–Crippen MR) is 93.1 cm³/mol. The first-order valence-electron chi connectivity index (χ1n) is 8.33. The Morgan fingerprint density at radius 1 is 1.32 bits per heavy atom. The Morgan fingerprint density at radius 2 is 2.08 bits per heavy atom. The number of fused-ring (bicyclic) bond motifs is 1. The van der Waals surface area contributed by atoms with Crippen molar-refractivity contribution in [3.63, 3.8) is 0 Å². The molecule has 3 aromatic rings. The molecule has 6 nitrogen and oxygen atoms in total. The number of rotatable bonds is 5. The zero-order chi connectivity index (χ0) is 17.4. The standard InChI is InChI=1S/C19H19N3O3/c1-12-16-14(17(24)20-10-19(11-23)7-8-19)9-15(21-18(16)25-22-12)13-5-3-2-4-6-13/h2-6,9,23H,7-8,10-11H2,1H3,(H,20,24). The molecular formula is C19H19N3O3. The molecule has 4 rings (SSSR count). The third-order valence-corrected chi connectivity index (χ3v) is 4.85. The average molecular weight is 337 g/mol. The van der Waals surface area contributed by atoms with E-state index in [4.69, 9.17) is 4.52 Å². The summed E-state index contributed by atoms with van der Waals surface area (Å²) >= 11 is 0. The summed E-state index contributed by atoms with van der Waals surface area (Å²) in [4.78, 5) is 17.3. The van der Waals surface area contributed by atoms with Gasteiger partial charge < -0.3 is 14.9 Å². The molecule has 0 radical (unpaired) electrons. The van der Waals surface area contributed by atoms with Crippen molar-refractivity contribution in [2.75, 3.05) is 13.2 Å². The van der Waals surface area contributed by atoms with Gasteiger partial charge in [0.2, 0.25) is 0 Å². The van der Waals surface area contributed by atoms with Crippen LogP contribution in [0.15, 0.2) is 40.9 Å². The van der Waals surface area contributed by atoms with Gasteiger partial charge in [-0.15, -0.1) is 0 Å². The summed E-state index contributed by atoms with van der Waals surface area (Å²) in [5.41, 5.74) is 2.91. The first kappa shape index (κ1) is 15.8. The van der Waals surface area contributed by atoms with Crippen LogP contribution in [0.4, 0.5) is 0 Å². The van der Waals surface area contributed by atoms with E-state index in [0.717, 1.165) is 18.4 Å². The van der Waals surface area contributed by atoms with Gasteiger partial charge >= 0.3 is 0 Å². The van der Waals surface area contributed by atoms with Gasteiger partial charge in [-0.05, 0) is 25.8 Å². The van der Waals surface area contributed by atoms with E-state index >= 15 is 0 Å². The third kappa shape index (κ3) is 2.89. The summed E-state index contributed by atoms with van der Waals surface area (Å²) in [5.74, 6) is -0.199. The van der Waals surface area contributed by atoms with E-state index in [9.17, 15) is 9.90 Å². The molecule has 128 valence electrons. The van der Waals surface area contributed by atoms with Crippen LogP contribution in [0.1, 0.15) is 28.9 Å². The van der Waals surface area contributed by atoms with Crippen LogP contribution in [0, 0.1) is 12.3 Å². The zero-order valence-corrected chi connectivity index (χ0v) is 14.0. The van der Waals surface area contributed by atoms with Crippen molar-refractivity contribution in [2.45, 2.75) is 19.8 Å². The SMILES string of the molecule is Cc1noc2nc(-c3ccccc3)cc(C(=O)NCC3(CO)CC3)c12. The van der Waals surface area contributed by atoms with Crippen LogP contribution in [0.3, 0.4) is 0 Å². The number of aromatic nitrogens is 2. The van der Waals surface area contributed by atoms with Crippen LogP contribution in [0.2, 0.25) is 0 Å². The molecule has 1 aromatic carbocycles. The number of benzene rings is 1. The molecule has 0 atom stereocenters. The van der Waals surface area contributed by atoms with Gasteiger partial charge in [0.1, 0.15) is 0 Å². The Balaban J connectivity index is 1.73. The van der Waals surface area contributed by atoms with Gasteiger partial charge in [-0.2, -0.15) is 0 Å². The van der Waals surface area contributed by atoms with Crippen LogP contribution in [-0.4, -0.2) is 34.3 Å². The van der Waals surface area contributed by atoms with Crippen LogP contribution >= 0.6 is 0 Å². The fraction of sp³-hybridized carbons (Fsp3) is 0.316. The summed E-state index contributed by atoms with van der Waals surface area (Å²) in [6.45, 7) is 2.36. The number of aryl methyl sites for hydroxylation is 1. The summed E-state index contributed by atoms with van der Waals surface area (Å²) < 4.78 is 5.30. The largest absolute Gasteiger partial charge is 0.396 e. The molecule has 2 aromatic heterocycles. The van der Waals surface area contributed by atoms with E-state index in [2.05, 4.69) is 15.5 Å². The number of carbonyl (C=O) groups is 1. The fourth-order valence-corrected chi connectivity index (χ4v) is 2.96. The molecular weight excluding hydrogens is 318 g/mol. The Bertz CT molecular complexity index is 930. The van der Waals surface area contributed by atoms with E-state index in [1.54, 1.807) is 13.0 Å². The average Bonchev–Trinajstić information content (AvgIpc) is 3.35. The first-order valence-corrected chi connectivity index (χ1v) is 8.33. The molecule has 25 heavy (non-hydrogen) atoms. The normalized spacial score (nSPS) is 15.3. The molecule has 1 amide bonds. The lowest BCUT2D eigenvalue weighted by atomic mass is 10.0. The van der Waals surface area contributed by atoms with E-state index in [-0.39, 0.29) is 17.9 Å². The highest BCUT2D eigenvalue weighted by atomic mass is 16.5. The van der Waals surface area contributed by atoms with Gasteiger partial charge in [0.15, 0.2) is 0 Å². The molecule has 0 unspecified atom stereocenters. The molecule has 2 heterocycles. The summed E-state index contributed by atoms with van der Waals surface area (Å²) in [6.07, 6.45) is 1.88. The van der Waals surface area contributed by atoms with Crippen LogP contribution in [-0.2, 0) is 0 Å². The maximum Gasteiger partial charge on any atom is 0.259 e. The number of carbonyl (C=O) groups excluding carboxylic acids is 1. The van der Waals surface area contributed by atoms with E-state index in [1.165, 1.54) is 0 Å². The molecule has 0 spiro atoms. The van der Waals surface area contributed by atoms with Gasteiger partial charge in [-0.3, -0.25) is 4.79 Å². The van der Waals surface area contributed by atoms with Gasteiger partial charge in [-0.25, -0.2) is 4.98 Å². The second-order valence-corrected chi connectivity index (χ2v) is 6.71. The highest BCUT2D eigenvalue weighted by molar-refractivity contribution is 6.07. The van der Waals surface area contributed by atoms with Gasteiger partial charge in [0, 0.05) is 17.5 Å². The van der Waals surface area contributed by atoms with Crippen molar-refractivity contribution in [1.82, 2.24) is 15.5 Å². The van der Waals surface area contributed by atoms with Crippen molar-refractivity contribution in [3.8, 4) is 11.3 Å². The Hall–Kier alpha value is -2.73. The van der Waals surface area contributed by atoms with Gasteiger partial charge in [0.25, 0.3) is 11.6 Å². The minimum Gasteiger partial charge on any atom is -0.396 e. The second-order valence-electron chi connectivity index (χ2n) is 6.71.